The first-order valence-corrected chi connectivity index (χ1v) is 6.88. The minimum atomic E-state index is -1.01. The quantitative estimate of drug-likeness (QED) is 0.903. The minimum Gasteiger partial charge on any atom is -0.480 e. The molecule has 0 spiro atoms. The number of amides is 1. The van der Waals surface area contributed by atoms with Gasteiger partial charge in [0.1, 0.15) is 6.04 Å². The van der Waals surface area contributed by atoms with Crippen LogP contribution in [0.3, 0.4) is 0 Å². The van der Waals surface area contributed by atoms with E-state index in [0.29, 0.717) is 5.56 Å². The molecule has 100 valence electrons. The van der Waals surface area contributed by atoms with Crippen LogP contribution in [0.1, 0.15) is 24.2 Å². The Kier molecular flexibility index (Phi) is 3.85. The van der Waals surface area contributed by atoms with E-state index in [2.05, 4.69) is 5.32 Å². The van der Waals surface area contributed by atoms with Gasteiger partial charge in [0.05, 0.1) is 0 Å². The molecule has 19 heavy (non-hydrogen) atoms. The summed E-state index contributed by atoms with van der Waals surface area (Å²) in [6.07, 6.45) is 0. The molecule has 2 aromatic rings. The van der Waals surface area contributed by atoms with Crippen molar-refractivity contribution in [1.82, 2.24) is 5.32 Å². The fourth-order valence-electron chi connectivity index (χ4n) is 1.85. The molecule has 1 amide bonds. The SMILES string of the molecule is CC(C)[C@@H](NC(=O)c1ccc2sccc2c1)C(=O)O. The molecule has 0 saturated heterocycles. The number of carboxylic acid groups (broad SMARTS) is 1. The molecule has 5 heteroatoms. The van der Waals surface area contributed by atoms with Gasteiger partial charge in [-0.3, -0.25) is 4.79 Å². The molecule has 2 N–H and O–H groups in total. The van der Waals surface area contributed by atoms with Gasteiger partial charge in [-0.2, -0.15) is 0 Å². The Morgan fingerprint density at radius 2 is 2.00 bits per heavy atom. The highest BCUT2D eigenvalue weighted by Gasteiger charge is 2.23. The first kappa shape index (κ1) is 13.5. The van der Waals surface area contributed by atoms with Crippen LogP contribution in [0.4, 0.5) is 0 Å². The van der Waals surface area contributed by atoms with Crippen LogP contribution in [0.25, 0.3) is 10.1 Å². The number of hydrogen-bond donors (Lipinski definition) is 2. The summed E-state index contributed by atoms with van der Waals surface area (Å²) >= 11 is 1.61. The molecule has 1 aromatic carbocycles. The summed E-state index contributed by atoms with van der Waals surface area (Å²) in [6, 6.07) is 6.44. The van der Waals surface area contributed by atoms with Gasteiger partial charge >= 0.3 is 5.97 Å². The van der Waals surface area contributed by atoms with Gasteiger partial charge in [-0.05, 0) is 40.9 Å². The van der Waals surface area contributed by atoms with E-state index in [-0.39, 0.29) is 11.8 Å². The van der Waals surface area contributed by atoms with Crippen molar-refractivity contribution >= 4 is 33.3 Å². The Labute approximate surface area is 115 Å². The van der Waals surface area contributed by atoms with Gasteiger partial charge in [-0.1, -0.05) is 13.8 Å². The predicted octanol–water partition coefficient (Wildman–Crippen LogP) is 2.74. The number of hydrogen-bond acceptors (Lipinski definition) is 3. The van der Waals surface area contributed by atoms with Crippen molar-refractivity contribution in [3.8, 4) is 0 Å². The van der Waals surface area contributed by atoms with Gasteiger partial charge in [0, 0.05) is 10.3 Å². The summed E-state index contributed by atoms with van der Waals surface area (Å²) in [5.41, 5.74) is 0.484. The number of aliphatic carboxylic acids is 1. The van der Waals surface area contributed by atoms with E-state index in [1.165, 1.54) is 0 Å². The average Bonchev–Trinajstić information content (AvgIpc) is 2.81. The predicted molar refractivity (Wildman–Crippen MR) is 75.6 cm³/mol. The molecule has 1 atom stereocenters. The van der Waals surface area contributed by atoms with Crippen LogP contribution in [-0.2, 0) is 4.79 Å². The highest BCUT2D eigenvalue weighted by molar-refractivity contribution is 7.17. The fourth-order valence-corrected chi connectivity index (χ4v) is 2.62. The third-order valence-corrected chi connectivity index (χ3v) is 3.83. The largest absolute Gasteiger partial charge is 0.480 e. The summed E-state index contributed by atoms with van der Waals surface area (Å²) < 4.78 is 1.11. The van der Waals surface area contributed by atoms with Gasteiger partial charge in [0.25, 0.3) is 5.91 Å². The number of nitrogens with one attached hydrogen (secondary N) is 1. The van der Waals surface area contributed by atoms with Gasteiger partial charge in [-0.25, -0.2) is 4.79 Å². The first-order valence-electron chi connectivity index (χ1n) is 6.00. The summed E-state index contributed by atoms with van der Waals surface area (Å²) in [4.78, 5) is 23.1. The third kappa shape index (κ3) is 2.93. The molecular weight excluding hydrogens is 262 g/mol. The number of carbonyl (C=O) groups is 2. The molecule has 0 bridgehead atoms. The van der Waals surface area contributed by atoms with E-state index in [1.54, 1.807) is 37.3 Å². The Morgan fingerprint density at radius 1 is 1.26 bits per heavy atom. The Morgan fingerprint density at radius 3 is 2.63 bits per heavy atom. The van der Waals surface area contributed by atoms with Crippen molar-refractivity contribution in [2.24, 2.45) is 5.92 Å². The van der Waals surface area contributed by atoms with Gasteiger partial charge in [0.2, 0.25) is 0 Å². The molecule has 0 aliphatic heterocycles. The number of fused-ring (bicyclic) bond motifs is 1. The van der Waals surface area contributed by atoms with E-state index in [0.717, 1.165) is 10.1 Å². The lowest BCUT2D eigenvalue weighted by molar-refractivity contribution is -0.140. The van der Waals surface area contributed by atoms with Crippen LogP contribution < -0.4 is 5.32 Å². The second-order valence-corrected chi connectivity index (χ2v) is 5.65. The smallest absolute Gasteiger partial charge is 0.326 e. The zero-order valence-corrected chi connectivity index (χ0v) is 11.5. The van der Waals surface area contributed by atoms with Crippen molar-refractivity contribution in [1.29, 1.82) is 0 Å². The highest BCUT2D eigenvalue weighted by atomic mass is 32.1. The van der Waals surface area contributed by atoms with Crippen molar-refractivity contribution in [3.63, 3.8) is 0 Å². The Bertz CT molecular complexity index is 618. The highest BCUT2D eigenvalue weighted by Crippen LogP contribution is 2.21. The normalized spacial score (nSPS) is 12.6. The summed E-state index contributed by atoms with van der Waals surface area (Å²) in [5, 5.41) is 14.6. The lowest BCUT2D eigenvalue weighted by atomic mass is 10.0. The van der Waals surface area contributed by atoms with Crippen LogP contribution in [0, 0.1) is 5.92 Å². The van der Waals surface area contributed by atoms with E-state index >= 15 is 0 Å². The molecular formula is C14H15NO3S. The number of thiophene rings is 1. The third-order valence-electron chi connectivity index (χ3n) is 2.93. The molecule has 0 radical (unpaired) electrons. The monoisotopic (exact) mass is 277 g/mol. The fraction of sp³-hybridized carbons (Fsp3) is 0.286. The van der Waals surface area contributed by atoms with E-state index < -0.39 is 12.0 Å². The van der Waals surface area contributed by atoms with E-state index in [1.807, 2.05) is 17.5 Å². The maximum absolute atomic E-state index is 12.1. The number of rotatable bonds is 4. The second-order valence-electron chi connectivity index (χ2n) is 4.71. The standard InChI is InChI=1S/C14H15NO3S/c1-8(2)12(14(17)18)15-13(16)10-3-4-11-9(7-10)5-6-19-11/h3-8,12H,1-2H3,(H,15,16)(H,17,18)/t12-/m1/s1. The van der Waals surface area contributed by atoms with Gasteiger partial charge in [-0.15, -0.1) is 11.3 Å². The van der Waals surface area contributed by atoms with Crippen LogP contribution in [-0.4, -0.2) is 23.0 Å². The zero-order valence-electron chi connectivity index (χ0n) is 10.7. The summed E-state index contributed by atoms with van der Waals surface area (Å²) in [7, 11) is 0. The van der Waals surface area contributed by atoms with Crippen LogP contribution in [0.5, 0.6) is 0 Å². The number of carbonyl (C=O) groups excluding carboxylic acids is 1. The summed E-state index contributed by atoms with van der Waals surface area (Å²) in [6.45, 7) is 3.53. The summed E-state index contributed by atoms with van der Waals surface area (Å²) in [5.74, 6) is -1.53. The topological polar surface area (TPSA) is 66.4 Å². The minimum absolute atomic E-state index is 0.161. The lowest BCUT2D eigenvalue weighted by Crippen LogP contribution is -2.44. The van der Waals surface area contributed by atoms with Gasteiger partial charge in [0.15, 0.2) is 0 Å². The molecule has 0 aliphatic rings. The lowest BCUT2D eigenvalue weighted by Gasteiger charge is -2.17. The van der Waals surface area contributed by atoms with Crippen molar-refractivity contribution in [3.05, 3.63) is 35.2 Å². The van der Waals surface area contributed by atoms with Crippen LogP contribution in [0.2, 0.25) is 0 Å². The molecule has 0 aliphatic carbocycles. The Balaban J connectivity index is 2.21. The molecule has 0 unspecified atom stereocenters. The first-order chi connectivity index (χ1) is 8.99. The van der Waals surface area contributed by atoms with Crippen molar-refractivity contribution in [2.45, 2.75) is 19.9 Å². The van der Waals surface area contributed by atoms with Crippen LogP contribution in [0.15, 0.2) is 29.6 Å². The maximum atomic E-state index is 12.1. The van der Waals surface area contributed by atoms with Crippen molar-refractivity contribution in [2.75, 3.05) is 0 Å². The molecule has 1 heterocycles. The molecule has 1 aromatic heterocycles. The number of benzene rings is 1. The number of carboxylic acids is 1. The van der Waals surface area contributed by atoms with Gasteiger partial charge < -0.3 is 10.4 Å². The molecule has 0 fully saturated rings. The molecule has 0 saturated carbocycles. The second kappa shape index (κ2) is 5.40. The van der Waals surface area contributed by atoms with E-state index in [9.17, 15) is 9.59 Å². The van der Waals surface area contributed by atoms with E-state index in [4.69, 9.17) is 5.11 Å². The zero-order chi connectivity index (χ0) is 14.0. The Hall–Kier alpha value is -1.88. The molecule has 2 rings (SSSR count). The maximum Gasteiger partial charge on any atom is 0.326 e. The van der Waals surface area contributed by atoms with Crippen molar-refractivity contribution < 1.29 is 14.7 Å². The molecule has 4 nitrogen and oxygen atoms in total. The average molecular weight is 277 g/mol. The van der Waals surface area contributed by atoms with Crippen LogP contribution >= 0.6 is 11.3 Å².